The minimum Gasteiger partial charge on any atom is -0.444 e. The van der Waals surface area contributed by atoms with E-state index >= 15 is 0 Å². The summed E-state index contributed by atoms with van der Waals surface area (Å²) >= 11 is 0. The molecule has 1 saturated carbocycles. The van der Waals surface area contributed by atoms with Crippen molar-refractivity contribution in [2.24, 2.45) is 10.9 Å². The molecule has 0 bridgehead atoms. The van der Waals surface area contributed by atoms with Crippen LogP contribution in [0.3, 0.4) is 0 Å². The van der Waals surface area contributed by atoms with Gasteiger partial charge in [-0.3, -0.25) is 4.99 Å². The highest BCUT2D eigenvalue weighted by atomic mass is 16.6. The van der Waals surface area contributed by atoms with Crippen LogP contribution in [0.1, 0.15) is 33.6 Å². The number of hydrogen-bond acceptors (Lipinski definition) is 4. The van der Waals surface area contributed by atoms with Crippen molar-refractivity contribution in [1.82, 2.24) is 15.1 Å². The van der Waals surface area contributed by atoms with E-state index in [1.807, 2.05) is 32.7 Å². The minimum atomic E-state index is -0.477. The van der Waals surface area contributed by atoms with E-state index in [1.165, 1.54) is 12.8 Å². The summed E-state index contributed by atoms with van der Waals surface area (Å²) in [4.78, 5) is 19.7. The molecule has 1 fully saturated rings. The molecule has 0 radical (unpaired) electrons. The molecule has 1 N–H and O–H groups in total. The van der Waals surface area contributed by atoms with E-state index < -0.39 is 5.60 Å². The Morgan fingerprint density at radius 2 is 1.88 bits per heavy atom. The third kappa shape index (κ3) is 8.96. The summed E-state index contributed by atoms with van der Waals surface area (Å²) in [5.41, 5.74) is -0.477. The summed E-state index contributed by atoms with van der Waals surface area (Å²) in [6, 6.07) is 0. The molecule has 1 aliphatic carbocycles. The third-order valence-corrected chi connectivity index (χ3v) is 3.63. The van der Waals surface area contributed by atoms with Crippen molar-refractivity contribution in [3.8, 4) is 0 Å². The fraction of sp³-hybridized carbons (Fsp3) is 0.882. The van der Waals surface area contributed by atoms with Gasteiger partial charge in [-0.05, 0) is 39.5 Å². The lowest BCUT2D eigenvalue weighted by Gasteiger charge is -2.26. The lowest BCUT2D eigenvalue weighted by atomic mass is 10.2. The summed E-state index contributed by atoms with van der Waals surface area (Å²) < 4.78 is 11.0. The van der Waals surface area contributed by atoms with Gasteiger partial charge in [-0.15, -0.1) is 0 Å². The molecule has 0 aliphatic heterocycles. The fourth-order valence-corrected chi connectivity index (χ4v) is 1.99. The second-order valence-electron chi connectivity index (χ2n) is 7.32. The van der Waals surface area contributed by atoms with Crippen LogP contribution in [0.25, 0.3) is 0 Å². The molecule has 0 saturated heterocycles. The molecule has 0 unspecified atom stereocenters. The highest BCUT2D eigenvalue weighted by molar-refractivity contribution is 5.79. The van der Waals surface area contributed by atoms with Crippen LogP contribution in [0.2, 0.25) is 0 Å². The first-order valence-corrected chi connectivity index (χ1v) is 8.66. The van der Waals surface area contributed by atoms with E-state index in [-0.39, 0.29) is 6.09 Å². The molecule has 0 aromatic heterocycles. The van der Waals surface area contributed by atoms with E-state index in [1.54, 1.807) is 19.0 Å². The number of rotatable bonds is 8. The van der Waals surface area contributed by atoms with Crippen LogP contribution in [-0.4, -0.2) is 81.4 Å². The van der Waals surface area contributed by atoms with E-state index in [0.717, 1.165) is 25.0 Å². The number of carbonyl (C=O) groups is 1. The van der Waals surface area contributed by atoms with Crippen LogP contribution >= 0.6 is 0 Å². The van der Waals surface area contributed by atoms with Crippen molar-refractivity contribution >= 4 is 12.1 Å². The molecular formula is C17H34N4O3. The van der Waals surface area contributed by atoms with E-state index in [0.29, 0.717) is 19.7 Å². The van der Waals surface area contributed by atoms with Crippen LogP contribution < -0.4 is 5.32 Å². The van der Waals surface area contributed by atoms with Crippen LogP contribution in [0.4, 0.5) is 4.79 Å². The quantitative estimate of drug-likeness (QED) is 0.414. The first-order chi connectivity index (χ1) is 11.2. The first kappa shape index (κ1) is 20.5. The Morgan fingerprint density at radius 3 is 2.42 bits per heavy atom. The topological polar surface area (TPSA) is 66.4 Å². The molecule has 0 aromatic carbocycles. The summed E-state index contributed by atoms with van der Waals surface area (Å²) in [7, 11) is 5.46. The zero-order chi connectivity index (χ0) is 18.2. The lowest BCUT2D eigenvalue weighted by molar-refractivity contribution is 0.0302. The van der Waals surface area contributed by atoms with E-state index in [2.05, 4.69) is 10.3 Å². The minimum absolute atomic E-state index is 0.318. The molecule has 0 heterocycles. The maximum Gasteiger partial charge on any atom is 0.410 e. The number of aliphatic imine (C=N–C) groups is 1. The van der Waals surface area contributed by atoms with E-state index in [4.69, 9.17) is 9.47 Å². The Morgan fingerprint density at radius 1 is 1.21 bits per heavy atom. The van der Waals surface area contributed by atoms with Gasteiger partial charge in [0, 0.05) is 47.4 Å². The maximum absolute atomic E-state index is 11.9. The van der Waals surface area contributed by atoms with Crippen LogP contribution in [-0.2, 0) is 9.47 Å². The Kier molecular flexibility index (Phi) is 8.31. The van der Waals surface area contributed by atoms with Crippen molar-refractivity contribution in [2.75, 3.05) is 54.0 Å². The van der Waals surface area contributed by atoms with Gasteiger partial charge in [0.1, 0.15) is 5.60 Å². The largest absolute Gasteiger partial charge is 0.444 e. The van der Waals surface area contributed by atoms with Gasteiger partial charge in [-0.25, -0.2) is 4.79 Å². The van der Waals surface area contributed by atoms with E-state index in [9.17, 15) is 4.79 Å². The molecule has 0 spiro atoms. The Balaban J connectivity index is 2.20. The van der Waals surface area contributed by atoms with Gasteiger partial charge in [-0.1, -0.05) is 0 Å². The summed E-state index contributed by atoms with van der Waals surface area (Å²) in [6.07, 6.45) is 2.30. The molecule has 1 rings (SSSR count). The van der Waals surface area contributed by atoms with Crippen molar-refractivity contribution in [3.63, 3.8) is 0 Å². The normalized spacial score (nSPS) is 15.2. The second kappa shape index (κ2) is 9.71. The Hall–Kier alpha value is -1.50. The zero-order valence-electron chi connectivity index (χ0n) is 16.1. The Labute approximate surface area is 146 Å². The smallest absolute Gasteiger partial charge is 0.410 e. The van der Waals surface area contributed by atoms with Gasteiger partial charge in [0.25, 0.3) is 0 Å². The molecular weight excluding hydrogens is 308 g/mol. The molecule has 0 aromatic rings. The number of likely N-dealkylation sites (N-methyl/N-ethyl adjacent to an activating group) is 2. The lowest BCUT2D eigenvalue weighted by Crippen LogP contribution is -2.44. The van der Waals surface area contributed by atoms with Crippen LogP contribution in [0.5, 0.6) is 0 Å². The highest BCUT2D eigenvalue weighted by Crippen LogP contribution is 2.28. The number of carbonyl (C=O) groups excluding carboxylic acids is 1. The fourth-order valence-electron chi connectivity index (χ4n) is 1.99. The standard InChI is InChI=1S/C17H34N4O3/c1-17(2,3)24-16(22)21(6)10-9-19-15(18-4)20(5)11-12-23-13-14-7-8-14/h14H,7-13H2,1-6H3,(H,18,19). The van der Waals surface area contributed by atoms with Gasteiger partial charge in [-0.2, -0.15) is 0 Å². The van der Waals surface area contributed by atoms with Gasteiger partial charge < -0.3 is 24.6 Å². The van der Waals surface area contributed by atoms with Gasteiger partial charge in [0.15, 0.2) is 5.96 Å². The van der Waals surface area contributed by atoms with Crippen molar-refractivity contribution < 1.29 is 14.3 Å². The molecule has 7 nitrogen and oxygen atoms in total. The number of ether oxygens (including phenoxy) is 2. The zero-order valence-corrected chi connectivity index (χ0v) is 16.1. The SMILES string of the molecule is CN=C(NCCN(C)C(=O)OC(C)(C)C)N(C)CCOCC1CC1. The van der Waals surface area contributed by atoms with Crippen molar-refractivity contribution in [3.05, 3.63) is 0 Å². The van der Waals surface area contributed by atoms with Gasteiger partial charge in [0.2, 0.25) is 0 Å². The molecule has 140 valence electrons. The monoisotopic (exact) mass is 342 g/mol. The summed E-state index contributed by atoms with van der Waals surface area (Å²) in [5, 5.41) is 3.25. The van der Waals surface area contributed by atoms with Crippen molar-refractivity contribution in [1.29, 1.82) is 0 Å². The van der Waals surface area contributed by atoms with Gasteiger partial charge in [0.05, 0.1) is 6.61 Å². The Bertz CT molecular complexity index is 417. The molecule has 7 heteroatoms. The average Bonchev–Trinajstić information content (AvgIpc) is 3.30. The predicted molar refractivity (Wildman–Crippen MR) is 96.4 cm³/mol. The number of hydrogen-bond donors (Lipinski definition) is 1. The highest BCUT2D eigenvalue weighted by Gasteiger charge is 2.21. The summed E-state index contributed by atoms with van der Waals surface area (Å²) in [5.74, 6) is 1.58. The number of guanidine groups is 1. The second-order valence-corrected chi connectivity index (χ2v) is 7.32. The first-order valence-electron chi connectivity index (χ1n) is 8.66. The predicted octanol–water partition coefficient (Wildman–Crippen LogP) is 1.79. The molecule has 1 aliphatic rings. The molecule has 1 amide bonds. The number of nitrogens with zero attached hydrogens (tertiary/aromatic N) is 3. The molecule has 24 heavy (non-hydrogen) atoms. The molecule has 0 atom stereocenters. The number of nitrogens with one attached hydrogen (secondary N) is 1. The van der Waals surface area contributed by atoms with Crippen LogP contribution in [0, 0.1) is 5.92 Å². The summed E-state index contributed by atoms with van der Waals surface area (Å²) in [6.45, 7) is 9.09. The third-order valence-electron chi connectivity index (χ3n) is 3.63. The van der Waals surface area contributed by atoms with Crippen LogP contribution in [0.15, 0.2) is 4.99 Å². The van der Waals surface area contributed by atoms with Gasteiger partial charge >= 0.3 is 6.09 Å². The maximum atomic E-state index is 11.9. The number of amides is 1. The van der Waals surface area contributed by atoms with Crippen molar-refractivity contribution in [2.45, 2.75) is 39.2 Å². The average molecular weight is 342 g/mol.